The van der Waals surface area contributed by atoms with Crippen LogP contribution in [0.1, 0.15) is 5.56 Å². The monoisotopic (exact) mass is 463 g/mol. The first kappa shape index (κ1) is 22.1. The van der Waals surface area contributed by atoms with Gasteiger partial charge in [-0.1, -0.05) is 17.7 Å². The highest BCUT2D eigenvalue weighted by molar-refractivity contribution is 6.32. The molecule has 0 bridgehead atoms. The van der Waals surface area contributed by atoms with E-state index in [1.807, 2.05) is 12.1 Å². The molecule has 1 aromatic carbocycles. The van der Waals surface area contributed by atoms with Gasteiger partial charge < -0.3 is 20.4 Å². The van der Waals surface area contributed by atoms with Gasteiger partial charge in [-0.3, -0.25) is 0 Å². The van der Waals surface area contributed by atoms with E-state index in [0.717, 1.165) is 44.1 Å². The molecule has 168 valence electrons. The quantitative estimate of drug-likeness (QED) is 0.564. The number of halogens is 4. The van der Waals surface area contributed by atoms with Gasteiger partial charge in [0.2, 0.25) is 5.95 Å². The predicted octanol–water partition coefficient (Wildman–Crippen LogP) is 4.78. The Hall–Kier alpha value is -3.11. The van der Waals surface area contributed by atoms with Gasteiger partial charge in [0.25, 0.3) is 0 Å². The number of hydrogen-bond donors (Lipinski definition) is 2. The van der Waals surface area contributed by atoms with Gasteiger partial charge in [0.15, 0.2) is 5.82 Å². The van der Waals surface area contributed by atoms with Gasteiger partial charge in [-0.25, -0.2) is 9.97 Å². The molecule has 2 N–H and O–H groups in total. The summed E-state index contributed by atoms with van der Waals surface area (Å²) in [6.45, 7) is 3.81. The van der Waals surface area contributed by atoms with Crippen molar-refractivity contribution in [3.63, 3.8) is 0 Å². The lowest BCUT2D eigenvalue weighted by Crippen LogP contribution is -2.44. The second-order valence-electron chi connectivity index (χ2n) is 7.41. The maximum Gasteiger partial charge on any atom is 0.416 e. The average molecular weight is 464 g/mol. The Labute approximate surface area is 188 Å². The van der Waals surface area contributed by atoms with Crippen molar-refractivity contribution in [2.24, 2.45) is 0 Å². The Kier molecular flexibility index (Phi) is 6.33. The second kappa shape index (κ2) is 9.17. The maximum atomic E-state index is 13.0. The van der Waals surface area contributed by atoms with Crippen LogP contribution in [0, 0.1) is 0 Å². The molecule has 0 aliphatic carbocycles. The summed E-state index contributed by atoms with van der Waals surface area (Å²) in [7, 11) is 2.10. The molecule has 1 aliphatic rings. The molecule has 0 radical (unpaired) electrons. The van der Waals surface area contributed by atoms with Crippen molar-refractivity contribution in [2.75, 3.05) is 48.8 Å². The zero-order chi connectivity index (χ0) is 22.7. The van der Waals surface area contributed by atoms with Crippen LogP contribution in [-0.2, 0) is 6.18 Å². The summed E-state index contributed by atoms with van der Waals surface area (Å²) in [5.74, 6) is 1.32. The molecular formula is C21H21ClF3N7. The van der Waals surface area contributed by atoms with E-state index < -0.39 is 11.7 Å². The van der Waals surface area contributed by atoms with Crippen molar-refractivity contribution < 1.29 is 13.2 Å². The third-order valence-corrected chi connectivity index (χ3v) is 5.30. The van der Waals surface area contributed by atoms with E-state index in [0.29, 0.717) is 5.69 Å². The zero-order valence-corrected chi connectivity index (χ0v) is 18.0. The van der Waals surface area contributed by atoms with Gasteiger partial charge in [-0.15, -0.1) is 0 Å². The van der Waals surface area contributed by atoms with E-state index in [-0.39, 0.29) is 22.5 Å². The average Bonchev–Trinajstić information content (AvgIpc) is 2.77. The number of likely N-dealkylation sites (N-methyl/N-ethyl adjacent to an activating group) is 1. The van der Waals surface area contributed by atoms with Gasteiger partial charge in [-0.05, 0) is 37.4 Å². The van der Waals surface area contributed by atoms with E-state index in [1.165, 1.54) is 18.3 Å². The van der Waals surface area contributed by atoms with Crippen molar-refractivity contribution >= 4 is 40.6 Å². The number of nitrogens with zero attached hydrogens (tertiary/aromatic N) is 5. The molecule has 0 spiro atoms. The standard InChI is InChI=1S/C21H21ClF3N7/c1-31-7-9-32(10-8-31)18-6-5-16(12-26-18)29-20-27-13-17(22)19(30-20)28-15-4-2-3-14(11-15)21(23,24)25/h2-6,11-13H,7-10H2,1H3,(H2,27,28,29,30). The van der Waals surface area contributed by atoms with E-state index in [2.05, 4.69) is 42.4 Å². The number of benzene rings is 1. The topological polar surface area (TPSA) is 69.2 Å². The highest BCUT2D eigenvalue weighted by Gasteiger charge is 2.30. The fourth-order valence-electron chi connectivity index (χ4n) is 3.24. The minimum Gasteiger partial charge on any atom is -0.354 e. The molecule has 0 amide bonds. The van der Waals surface area contributed by atoms with Gasteiger partial charge in [0, 0.05) is 31.9 Å². The summed E-state index contributed by atoms with van der Waals surface area (Å²) in [5.41, 5.74) is 0.123. The molecule has 0 unspecified atom stereocenters. The van der Waals surface area contributed by atoms with Crippen LogP contribution < -0.4 is 15.5 Å². The maximum absolute atomic E-state index is 13.0. The minimum absolute atomic E-state index is 0.177. The SMILES string of the molecule is CN1CCN(c2ccc(Nc3ncc(Cl)c(Nc4cccc(C(F)(F)F)c4)n3)cn2)CC1. The van der Waals surface area contributed by atoms with Gasteiger partial charge >= 0.3 is 6.18 Å². The van der Waals surface area contributed by atoms with Crippen LogP contribution in [0.4, 0.5) is 42.1 Å². The summed E-state index contributed by atoms with van der Waals surface area (Å²) in [6.07, 6.45) is -1.38. The van der Waals surface area contributed by atoms with Crippen LogP contribution >= 0.6 is 11.6 Å². The molecule has 11 heteroatoms. The normalized spacial score (nSPS) is 15.0. The largest absolute Gasteiger partial charge is 0.416 e. The zero-order valence-electron chi connectivity index (χ0n) is 17.2. The number of nitrogens with one attached hydrogen (secondary N) is 2. The van der Waals surface area contributed by atoms with Crippen molar-refractivity contribution in [1.82, 2.24) is 19.9 Å². The van der Waals surface area contributed by atoms with E-state index >= 15 is 0 Å². The molecular weight excluding hydrogens is 443 g/mol. The predicted molar refractivity (Wildman–Crippen MR) is 119 cm³/mol. The summed E-state index contributed by atoms with van der Waals surface area (Å²) < 4.78 is 38.9. The number of aromatic nitrogens is 3. The molecule has 1 saturated heterocycles. The lowest BCUT2D eigenvalue weighted by atomic mass is 10.2. The third kappa shape index (κ3) is 5.38. The lowest BCUT2D eigenvalue weighted by Gasteiger charge is -2.33. The number of alkyl halides is 3. The second-order valence-corrected chi connectivity index (χ2v) is 7.82. The first-order valence-electron chi connectivity index (χ1n) is 9.91. The molecule has 0 atom stereocenters. The fraction of sp³-hybridized carbons (Fsp3) is 0.286. The molecule has 32 heavy (non-hydrogen) atoms. The van der Waals surface area contributed by atoms with E-state index in [9.17, 15) is 13.2 Å². The lowest BCUT2D eigenvalue weighted by molar-refractivity contribution is -0.137. The van der Waals surface area contributed by atoms with Crippen LogP contribution in [0.15, 0.2) is 48.8 Å². The Bertz CT molecular complexity index is 1070. The molecule has 2 aromatic heterocycles. The van der Waals surface area contributed by atoms with Crippen molar-refractivity contribution in [3.05, 3.63) is 59.4 Å². The van der Waals surface area contributed by atoms with Gasteiger partial charge in [0.1, 0.15) is 10.8 Å². The van der Waals surface area contributed by atoms with E-state index in [1.54, 1.807) is 6.20 Å². The van der Waals surface area contributed by atoms with Crippen molar-refractivity contribution in [2.45, 2.75) is 6.18 Å². The van der Waals surface area contributed by atoms with E-state index in [4.69, 9.17) is 11.6 Å². The first-order chi connectivity index (χ1) is 15.3. The van der Waals surface area contributed by atoms with Crippen LogP contribution in [0.25, 0.3) is 0 Å². The van der Waals surface area contributed by atoms with Crippen molar-refractivity contribution in [3.8, 4) is 0 Å². The van der Waals surface area contributed by atoms with Crippen LogP contribution in [0.5, 0.6) is 0 Å². The molecule has 3 heterocycles. The van der Waals surface area contributed by atoms with Gasteiger partial charge in [0.05, 0.1) is 23.6 Å². The van der Waals surface area contributed by atoms with Crippen LogP contribution in [-0.4, -0.2) is 53.1 Å². The molecule has 3 aromatic rings. The summed E-state index contributed by atoms with van der Waals surface area (Å²) >= 11 is 6.14. The highest BCUT2D eigenvalue weighted by Crippen LogP contribution is 2.32. The Morgan fingerprint density at radius 2 is 1.72 bits per heavy atom. The van der Waals surface area contributed by atoms with Crippen molar-refractivity contribution in [1.29, 1.82) is 0 Å². The highest BCUT2D eigenvalue weighted by atomic mass is 35.5. The molecule has 7 nitrogen and oxygen atoms in total. The third-order valence-electron chi connectivity index (χ3n) is 5.03. The molecule has 1 aliphatic heterocycles. The summed E-state index contributed by atoms with van der Waals surface area (Å²) in [4.78, 5) is 17.4. The Balaban J connectivity index is 1.46. The Morgan fingerprint density at radius 1 is 0.938 bits per heavy atom. The smallest absolute Gasteiger partial charge is 0.354 e. The summed E-state index contributed by atoms with van der Waals surface area (Å²) in [6, 6.07) is 8.60. The first-order valence-corrected chi connectivity index (χ1v) is 10.3. The Morgan fingerprint density at radius 3 is 2.41 bits per heavy atom. The number of anilines is 5. The number of pyridine rings is 1. The number of rotatable bonds is 5. The van der Waals surface area contributed by atoms with Crippen LogP contribution in [0.3, 0.4) is 0 Å². The summed E-state index contributed by atoms with van der Waals surface area (Å²) in [5, 5.41) is 6.03. The van der Waals surface area contributed by atoms with Crippen LogP contribution in [0.2, 0.25) is 5.02 Å². The molecule has 0 saturated carbocycles. The fourth-order valence-corrected chi connectivity index (χ4v) is 3.38. The molecule has 4 rings (SSSR count). The number of piperazine rings is 1. The van der Waals surface area contributed by atoms with Gasteiger partial charge in [-0.2, -0.15) is 18.2 Å². The molecule has 1 fully saturated rings. The number of hydrogen-bond acceptors (Lipinski definition) is 7. The minimum atomic E-state index is -4.44.